The maximum atomic E-state index is 12.3. The average molecular weight is 373 g/mol. The molecule has 1 aromatic rings. The van der Waals surface area contributed by atoms with Crippen LogP contribution < -0.4 is 10.3 Å². The van der Waals surface area contributed by atoms with Gasteiger partial charge < -0.3 is 4.74 Å². The summed E-state index contributed by atoms with van der Waals surface area (Å²) in [4.78, 5) is 12.3. The van der Waals surface area contributed by atoms with E-state index >= 15 is 0 Å². The predicted molar refractivity (Wildman–Crippen MR) is 51.5 cm³/mol. The molecule has 17 heavy (non-hydrogen) atoms. The molecule has 0 aliphatic rings. The third-order valence-corrected chi connectivity index (χ3v) is 2.32. The largest absolute Gasteiger partial charge is 0.574 e. The minimum absolute atomic E-state index is 0.443. The molecule has 3 nitrogen and oxygen atoms in total. The molecule has 0 unspecified atom stereocenters. The van der Waals surface area contributed by atoms with E-state index in [2.05, 4.69) is 4.74 Å². The zero-order chi connectivity index (χ0) is 13.4. The molecule has 0 aliphatic heterocycles. The first kappa shape index (κ1) is 14.1. The van der Waals surface area contributed by atoms with E-state index in [0.29, 0.717) is 6.07 Å². The molecular formula is C7H2F6INO2. The molecule has 1 heterocycles. The van der Waals surface area contributed by atoms with Gasteiger partial charge in [-0.2, -0.15) is 13.2 Å². The second-order valence-electron chi connectivity index (χ2n) is 2.73. The summed E-state index contributed by atoms with van der Waals surface area (Å²) in [5.41, 5.74) is -3.25. The molecule has 1 rings (SSSR count). The molecule has 10 heteroatoms. The number of hydrogen-bond donors (Lipinski definition) is 1. The van der Waals surface area contributed by atoms with E-state index in [0.717, 1.165) is 22.6 Å². The van der Waals surface area contributed by atoms with Gasteiger partial charge in [-0.25, -0.2) is 0 Å². The monoisotopic (exact) mass is 373 g/mol. The summed E-state index contributed by atoms with van der Waals surface area (Å²) in [5, 5.41) is 0. The van der Waals surface area contributed by atoms with Gasteiger partial charge >= 0.3 is 12.5 Å². The van der Waals surface area contributed by atoms with Gasteiger partial charge in [0.25, 0.3) is 5.56 Å². The van der Waals surface area contributed by atoms with Gasteiger partial charge in [-0.1, -0.05) is 0 Å². The number of rotatable bonds is 1. The molecule has 96 valence electrons. The van der Waals surface area contributed by atoms with Gasteiger partial charge in [0, 0.05) is 9.64 Å². The predicted octanol–water partition coefficient (Wildman–Crippen LogP) is 2.90. The average Bonchev–Trinajstić information content (AvgIpc) is 1.94. The Labute approximate surface area is 103 Å². The van der Waals surface area contributed by atoms with Crippen LogP contribution in [0.2, 0.25) is 0 Å². The first-order chi connectivity index (χ1) is 7.50. The van der Waals surface area contributed by atoms with E-state index in [1.165, 1.54) is 4.98 Å². The summed E-state index contributed by atoms with van der Waals surface area (Å²) in [6.45, 7) is 0. The summed E-state index contributed by atoms with van der Waals surface area (Å²) in [6.07, 6.45) is -10.0. The highest BCUT2D eigenvalue weighted by molar-refractivity contribution is 14.1. The molecule has 0 saturated heterocycles. The number of alkyl halides is 6. The quantitative estimate of drug-likeness (QED) is 0.608. The van der Waals surface area contributed by atoms with Crippen LogP contribution in [-0.4, -0.2) is 11.3 Å². The highest BCUT2D eigenvalue weighted by Gasteiger charge is 2.38. The molecule has 0 bridgehead atoms. The Morgan fingerprint density at radius 2 is 1.71 bits per heavy atom. The molecule has 0 aromatic carbocycles. The van der Waals surface area contributed by atoms with Gasteiger partial charge in [-0.05, 0) is 22.6 Å². The van der Waals surface area contributed by atoms with Gasteiger partial charge in [0.2, 0.25) is 5.88 Å². The Bertz CT molecular complexity index is 477. The van der Waals surface area contributed by atoms with Crippen LogP contribution in [0.1, 0.15) is 5.56 Å². The summed E-state index contributed by atoms with van der Waals surface area (Å²) in [6, 6.07) is 0.443. The van der Waals surface area contributed by atoms with E-state index in [4.69, 9.17) is 0 Å². The lowest BCUT2D eigenvalue weighted by Crippen LogP contribution is -2.26. The topological polar surface area (TPSA) is 42.1 Å². The van der Waals surface area contributed by atoms with Crippen molar-refractivity contribution < 1.29 is 31.1 Å². The van der Waals surface area contributed by atoms with Crippen molar-refractivity contribution in [2.45, 2.75) is 12.5 Å². The third-order valence-electron chi connectivity index (χ3n) is 1.47. The van der Waals surface area contributed by atoms with Crippen molar-refractivity contribution in [2.75, 3.05) is 0 Å². The number of halogens is 7. The summed E-state index contributed by atoms with van der Waals surface area (Å²) in [7, 11) is 0. The number of nitrogens with one attached hydrogen (secondary N) is 1. The van der Waals surface area contributed by atoms with Gasteiger partial charge in [-0.3, -0.25) is 9.78 Å². The summed E-state index contributed by atoms with van der Waals surface area (Å²) < 4.78 is 74.8. The number of pyridine rings is 1. The molecule has 0 atom stereocenters. The van der Waals surface area contributed by atoms with Gasteiger partial charge in [0.05, 0.1) is 0 Å². The normalized spacial score (nSPS) is 12.6. The van der Waals surface area contributed by atoms with Crippen molar-refractivity contribution in [3.05, 3.63) is 25.6 Å². The minimum Gasteiger partial charge on any atom is -0.390 e. The number of H-pyrrole nitrogens is 1. The van der Waals surface area contributed by atoms with Crippen molar-refractivity contribution in [3.63, 3.8) is 0 Å². The number of aromatic nitrogens is 1. The van der Waals surface area contributed by atoms with Crippen LogP contribution in [0.15, 0.2) is 10.9 Å². The molecule has 0 saturated carbocycles. The molecule has 1 N–H and O–H groups in total. The lowest BCUT2D eigenvalue weighted by Gasteiger charge is -2.11. The van der Waals surface area contributed by atoms with Crippen molar-refractivity contribution >= 4 is 22.6 Å². The van der Waals surface area contributed by atoms with Crippen LogP contribution >= 0.6 is 22.6 Å². The lowest BCUT2D eigenvalue weighted by molar-refractivity contribution is -0.276. The van der Waals surface area contributed by atoms with E-state index in [1.54, 1.807) is 0 Å². The van der Waals surface area contributed by atoms with Crippen LogP contribution in [0.5, 0.6) is 5.88 Å². The Morgan fingerprint density at radius 1 is 1.18 bits per heavy atom. The van der Waals surface area contributed by atoms with Gasteiger partial charge in [0.1, 0.15) is 5.56 Å². The van der Waals surface area contributed by atoms with E-state index in [1.807, 2.05) is 0 Å². The fourth-order valence-corrected chi connectivity index (χ4v) is 1.78. The minimum atomic E-state index is -5.09. The first-order valence-electron chi connectivity index (χ1n) is 3.76. The van der Waals surface area contributed by atoms with Crippen LogP contribution in [0, 0.1) is 3.57 Å². The molecule has 0 amide bonds. The van der Waals surface area contributed by atoms with Crippen LogP contribution in [0.25, 0.3) is 0 Å². The summed E-state index contributed by atoms with van der Waals surface area (Å²) >= 11 is 1.10. The standard InChI is InChI=1S/C7H2F6INO2/c8-6(9,10)4-2(14)1-3(15-5(4)16)17-7(11,12)13/h1H,(H,15,16). The zero-order valence-corrected chi connectivity index (χ0v) is 9.70. The Morgan fingerprint density at radius 3 is 2.06 bits per heavy atom. The smallest absolute Gasteiger partial charge is 0.390 e. The maximum Gasteiger partial charge on any atom is 0.574 e. The third kappa shape index (κ3) is 3.78. The molecule has 0 fully saturated rings. The molecule has 0 aliphatic carbocycles. The lowest BCUT2D eigenvalue weighted by atomic mass is 10.3. The molecule has 0 radical (unpaired) electrons. The fraction of sp³-hybridized carbons (Fsp3) is 0.286. The number of aromatic amines is 1. The SMILES string of the molecule is O=c1[nH]c(OC(F)(F)F)cc(I)c1C(F)(F)F. The van der Waals surface area contributed by atoms with Crippen LogP contribution in [0.3, 0.4) is 0 Å². The second-order valence-corrected chi connectivity index (χ2v) is 3.89. The zero-order valence-electron chi connectivity index (χ0n) is 7.54. The van der Waals surface area contributed by atoms with Crippen molar-refractivity contribution in [2.24, 2.45) is 0 Å². The van der Waals surface area contributed by atoms with Gasteiger partial charge in [0.15, 0.2) is 0 Å². The Hall–Kier alpha value is -0.940. The molecule has 0 spiro atoms. The summed E-state index contributed by atoms with van der Waals surface area (Å²) in [5.74, 6) is -1.10. The second kappa shape index (κ2) is 4.38. The van der Waals surface area contributed by atoms with E-state index in [9.17, 15) is 31.1 Å². The van der Waals surface area contributed by atoms with E-state index < -0.39 is 33.1 Å². The first-order valence-corrected chi connectivity index (χ1v) is 4.84. The Balaban J connectivity index is 3.25. The van der Waals surface area contributed by atoms with Crippen molar-refractivity contribution in [1.29, 1.82) is 0 Å². The number of ether oxygens (including phenoxy) is 1. The number of hydrogen-bond acceptors (Lipinski definition) is 2. The highest BCUT2D eigenvalue weighted by Crippen LogP contribution is 2.31. The van der Waals surface area contributed by atoms with Crippen molar-refractivity contribution in [1.82, 2.24) is 4.98 Å². The fourth-order valence-electron chi connectivity index (χ4n) is 0.950. The van der Waals surface area contributed by atoms with Crippen molar-refractivity contribution in [3.8, 4) is 5.88 Å². The molecular weight excluding hydrogens is 371 g/mol. The highest BCUT2D eigenvalue weighted by atomic mass is 127. The van der Waals surface area contributed by atoms with Crippen LogP contribution in [-0.2, 0) is 6.18 Å². The molecule has 1 aromatic heterocycles. The maximum absolute atomic E-state index is 12.3. The van der Waals surface area contributed by atoms with Gasteiger partial charge in [-0.15, -0.1) is 13.2 Å². The Kier molecular flexibility index (Phi) is 3.64. The van der Waals surface area contributed by atoms with E-state index in [-0.39, 0.29) is 0 Å². The van der Waals surface area contributed by atoms with Crippen LogP contribution in [0.4, 0.5) is 26.3 Å².